The van der Waals surface area contributed by atoms with Gasteiger partial charge in [0.2, 0.25) is 0 Å². The van der Waals surface area contributed by atoms with Crippen molar-refractivity contribution in [3.8, 4) is 0 Å². The van der Waals surface area contributed by atoms with E-state index >= 15 is 0 Å². The fourth-order valence-corrected chi connectivity index (χ4v) is 2.93. The lowest BCUT2D eigenvalue weighted by molar-refractivity contribution is 0.171. The van der Waals surface area contributed by atoms with Crippen LogP contribution in [0, 0.1) is 17.6 Å². The molecule has 0 atom stereocenters. The third-order valence-electron chi connectivity index (χ3n) is 4.29. The van der Waals surface area contributed by atoms with Crippen molar-refractivity contribution >= 4 is 0 Å². The number of hydrogen-bond donors (Lipinski definition) is 0. The van der Waals surface area contributed by atoms with Crippen molar-refractivity contribution in [3.63, 3.8) is 0 Å². The Morgan fingerprint density at radius 1 is 1.18 bits per heavy atom. The molecule has 0 spiro atoms. The lowest BCUT2D eigenvalue weighted by Gasteiger charge is -2.31. The number of likely N-dealkylation sites (tertiary alicyclic amines) is 1. The maximum absolute atomic E-state index is 13.2. The molecule has 0 radical (unpaired) electrons. The Morgan fingerprint density at radius 2 is 1.95 bits per heavy atom. The number of rotatable bonds is 4. The van der Waals surface area contributed by atoms with E-state index in [1.807, 2.05) is 7.05 Å². The van der Waals surface area contributed by atoms with Crippen LogP contribution in [-0.4, -0.2) is 38.2 Å². The van der Waals surface area contributed by atoms with Crippen molar-refractivity contribution in [1.29, 1.82) is 0 Å². The van der Waals surface area contributed by atoms with Crippen molar-refractivity contribution in [3.05, 3.63) is 41.2 Å². The molecule has 0 amide bonds. The largest absolute Gasteiger partial charge is 0.296 e. The van der Waals surface area contributed by atoms with E-state index in [0.717, 1.165) is 50.3 Å². The highest BCUT2D eigenvalue weighted by molar-refractivity contribution is 5.18. The molecule has 3 rings (SSSR count). The smallest absolute Gasteiger partial charge is 0.164 e. The summed E-state index contributed by atoms with van der Waals surface area (Å²) < 4.78 is 27.9. The van der Waals surface area contributed by atoms with E-state index in [0.29, 0.717) is 5.92 Å². The monoisotopic (exact) mass is 307 g/mol. The molecule has 1 aliphatic rings. The van der Waals surface area contributed by atoms with Gasteiger partial charge in [0, 0.05) is 7.05 Å². The molecule has 118 valence electrons. The second kappa shape index (κ2) is 6.48. The highest BCUT2D eigenvalue weighted by Crippen LogP contribution is 2.23. The molecular weight excluding hydrogens is 288 g/mol. The Morgan fingerprint density at radius 3 is 2.59 bits per heavy atom. The Balaban J connectivity index is 1.51. The SMILES string of the molecule is Cn1nnnc1CN1CCC(Cc2ccc(F)c(F)c2)CC1. The van der Waals surface area contributed by atoms with Gasteiger partial charge in [0.15, 0.2) is 17.5 Å². The molecule has 7 heteroatoms. The van der Waals surface area contributed by atoms with Gasteiger partial charge in [-0.1, -0.05) is 6.07 Å². The van der Waals surface area contributed by atoms with Gasteiger partial charge in [-0.2, -0.15) is 0 Å². The molecule has 1 aromatic heterocycles. The fourth-order valence-electron chi connectivity index (χ4n) is 2.93. The number of benzene rings is 1. The van der Waals surface area contributed by atoms with E-state index in [2.05, 4.69) is 20.4 Å². The molecule has 0 saturated carbocycles. The zero-order chi connectivity index (χ0) is 15.5. The van der Waals surface area contributed by atoms with Gasteiger partial charge in [-0.05, 0) is 66.4 Å². The van der Waals surface area contributed by atoms with E-state index in [1.54, 1.807) is 10.7 Å². The molecular formula is C15H19F2N5. The Bertz CT molecular complexity index is 635. The first kappa shape index (κ1) is 15.0. The van der Waals surface area contributed by atoms with Gasteiger partial charge in [-0.25, -0.2) is 13.5 Å². The lowest BCUT2D eigenvalue weighted by Crippen LogP contribution is -2.34. The summed E-state index contributed by atoms with van der Waals surface area (Å²) >= 11 is 0. The minimum atomic E-state index is -0.782. The standard InChI is InChI=1S/C15H19F2N5/c1-21-15(18-19-20-21)10-22-6-4-11(5-7-22)8-12-2-3-13(16)14(17)9-12/h2-3,9,11H,4-8,10H2,1H3. The molecule has 1 fully saturated rings. The minimum Gasteiger partial charge on any atom is -0.296 e. The van der Waals surface area contributed by atoms with Crippen molar-refractivity contribution in [2.24, 2.45) is 13.0 Å². The summed E-state index contributed by atoms with van der Waals surface area (Å²) in [7, 11) is 1.84. The number of piperidine rings is 1. The lowest BCUT2D eigenvalue weighted by atomic mass is 9.90. The molecule has 0 N–H and O–H groups in total. The molecule has 2 heterocycles. The van der Waals surface area contributed by atoms with Crippen LogP contribution in [0.4, 0.5) is 8.78 Å². The summed E-state index contributed by atoms with van der Waals surface area (Å²) in [5, 5.41) is 11.5. The summed E-state index contributed by atoms with van der Waals surface area (Å²) in [6.07, 6.45) is 2.89. The molecule has 1 aromatic carbocycles. The van der Waals surface area contributed by atoms with Crippen LogP contribution in [0.1, 0.15) is 24.2 Å². The van der Waals surface area contributed by atoms with Crippen LogP contribution < -0.4 is 0 Å². The number of aromatic nitrogens is 4. The van der Waals surface area contributed by atoms with Crippen molar-refractivity contribution < 1.29 is 8.78 Å². The summed E-state index contributed by atoms with van der Waals surface area (Å²) in [5.74, 6) is -0.168. The van der Waals surface area contributed by atoms with Crippen molar-refractivity contribution in [2.45, 2.75) is 25.8 Å². The van der Waals surface area contributed by atoms with Crippen LogP contribution in [0.3, 0.4) is 0 Å². The Kier molecular flexibility index (Phi) is 4.42. The molecule has 0 unspecified atom stereocenters. The molecule has 22 heavy (non-hydrogen) atoms. The van der Waals surface area contributed by atoms with Crippen LogP contribution in [0.15, 0.2) is 18.2 Å². The Labute approximate surface area is 127 Å². The van der Waals surface area contributed by atoms with Gasteiger partial charge in [0.1, 0.15) is 0 Å². The molecule has 2 aromatic rings. The van der Waals surface area contributed by atoms with E-state index in [-0.39, 0.29) is 0 Å². The van der Waals surface area contributed by atoms with Crippen molar-refractivity contribution in [1.82, 2.24) is 25.1 Å². The van der Waals surface area contributed by atoms with Crippen LogP contribution in [0.2, 0.25) is 0 Å². The average Bonchev–Trinajstić information content (AvgIpc) is 2.90. The summed E-state index contributed by atoms with van der Waals surface area (Å²) in [4.78, 5) is 2.33. The van der Waals surface area contributed by atoms with Gasteiger partial charge in [0.25, 0.3) is 0 Å². The zero-order valence-corrected chi connectivity index (χ0v) is 12.5. The van der Waals surface area contributed by atoms with E-state index in [9.17, 15) is 8.78 Å². The molecule has 5 nitrogen and oxygen atoms in total. The topological polar surface area (TPSA) is 46.8 Å². The molecule has 0 bridgehead atoms. The predicted octanol–water partition coefficient (Wildman–Crippen LogP) is 1.94. The summed E-state index contributed by atoms with van der Waals surface area (Å²) in [5.41, 5.74) is 0.870. The zero-order valence-electron chi connectivity index (χ0n) is 12.5. The first-order chi connectivity index (χ1) is 10.6. The first-order valence-corrected chi connectivity index (χ1v) is 7.49. The Hall–Kier alpha value is -1.89. The van der Waals surface area contributed by atoms with Crippen LogP contribution >= 0.6 is 0 Å². The molecule has 1 aliphatic heterocycles. The van der Waals surface area contributed by atoms with Crippen LogP contribution in [0.25, 0.3) is 0 Å². The number of nitrogens with zero attached hydrogens (tertiary/aromatic N) is 5. The number of halogens is 2. The number of aryl methyl sites for hydroxylation is 1. The highest BCUT2D eigenvalue weighted by atomic mass is 19.2. The van der Waals surface area contributed by atoms with Gasteiger partial charge in [-0.15, -0.1) is 5.10 Å². The van der Waals surface area contributed by atoms with E-state index < -0.39 is 11.6 Å². The normalized spacial score (nSPS) is 17.0. The number of tetrazole rings is 1. The van der Waals surface area contributed by atoms with E-state index in [4.69, 9.17) is 0 Å². The fraction of sp³-hybridized carbons (Fsp3) is 0.533. The first-order valence-electron chi connectivity index (χ1n) is 7.49. The van der Waals surface area contributed by atoms with Gasteiger partial charge in [0.05, 0.1) is 6.54 Å². The summed E-state index contributed by atoms with van der Waals surface area (Å²) in [6, 6.07) is 4.20. The predicted molar refractivity (Wildman–Crippen MR) is 76.9 cm³/mol. The van der Waals surface area contributed by atoms with Gasteiger partial charge >= 0.3 is 0 Å². The van der Waals surface area contributed by atoms with Gasteiger partial charge < -0.3 is 0 Å². The average molecular weight is 307 g/mol. The second-order valence-corrected chi connectivity index (χ2v) is 5.89. The van der Waals surface area contributed by atoms with Crippen LogP contribution in [-0.2, 0) is 20.0 Å². The van der Waals surface area contributed by atoms with Crippen molar-refractivity contribution in [2.75, 3.05) is 13.1 Å². The van der Waals surface area contributed by atoms with E-state index in [1.165, 1.54) is 12.1 Å². The quantitative estimate of drug-likeness (QED) is 0.866. The second-order valence-electron chi connectivity index (χ2n) is 5.89. The van der Waals surface area contributed by atoms with Gasteiger partial charge in [-0.3, -0.25) is 4.90 Å². The summed E-state index contributed by atoms with van der Waals surface area (Å²) in [6.45, 7) is 2.70. The maximum Gasteiger partial charge on any atom is 0.164 e. The highest BCUT2D eigenvalue weighted by Gasteiger charge is 2.21. The van der Waals surface area contributed by atoms with Crippen LogP contribution in [0.5, 0.6) is 0 Å². The molecule has 0 aliphatic carbocycles. The number of hydrogen-bond acceptors (Lipinski definition) is 4. The minimum absolute atomic E-state index is 0.513. The third-order valence-corrected chi connectivity index (χ3v) is 4.29. The molecule has 1 saturated heterocycles. The maximum atomic E-state index is 13.2. The third kappa shape index (κ3) is 3.47.